The number of hydrogen-bond acceptors (Lipinski definition) is 6. The van der Waals surface area contributed by atoms with Crippen LogP contribution < -0.4 is 16.6 Å². The van der Waals surface area contributed by atoms with E-state index in [2.05, 4.69) is 5.32 Å². The van der Waals surface area contributed by atoms with Gasteiger partial charge in [0.2, 0.25) is 0 Å². The summed E-state index contributed by atoms with van der Waals surface area (Å²) >= 11 is 0. The van der Waals surface area contributed by atoms with Gasteiger partial charge in [0.05, 0.1) is 28.8 Å². The predicted molar refractivity (Wildman–Crippen MR) is 74.3 cm³/mol. The first-order valence-electron chi connectivity index (χ1n) is 5.98. The molecule has 0 saturated heterocycles. The average Bonchev–Trinajstić information content (AvgIpc) is 2.37. The Balaban J connectivity index is 3.21. The Labute approximate surface area is 120 Å². The van der Waals surface area contributed by atoms with Crippen LogP contribution in [0.4, 0.5) is 15.8 Å². The molecule has 9 heteroatoms. The number of halogens is 1. The van der Waals surface area contributed by atoms with E-state index in [1.165, 1.54) is 7.11 Å². The predicted octanol–water partition coefficient (Wildman–Crippen LogP) is 1.17. The summed E-state index contributed by atoms with van der Waals surface area (Å²) < 4.78 is 18.5. The summed E-state index contributed by atoms with van der Waals surface area (Å²) in [5, 5.41) is 13.5. The molecule has 1 rings (SSSR count). The van der Waals surface area contributed by atoms with Gasteiger partial charge >= 0.3 is 0 Å². The van der Waals surface area contributed by atoms with E-state index < -0.39 is 27.9 Å². The van der Waals surface area contributed by atoms with Gasteiger partial charge in [-0.1, -0.05) is 0 Å². The van der Waals surface area contributed by atoms with Crippen LogP contribution in [0.15, 0.2) is 12.1 Å². The average molecular weight is 300 g/mol. The molecule has 1 amide bonds. The summed E-state index contributed by atoms with van der Waals surface area (Å²) in [6.07, 6.45) is 0. The Morgan fingerprint density at radius 3 is 2.62 bits per heavy atom. The molecule has 0 bridgehead atoms. The zero-order valence-electron chi connectivity index (χ0n) is 11.9. The molecule has 116 valence electrons. The van der Waals surface area contributed by atoms with E-state index in [4.69, 9.17) is 10.6 Å². The fourth-order valence-corrected chi connectivity index (χ4v) is 1.78. The van der Waals surface area contributed by atoms with Crippen LogP contribution >= 0.6 is 0 Å². The number of nitrogen functional groups attached to an aromatic ring is 1. The molecular weight excluding hydrogens is 283 g/mol. The van der Waals surface area contributed by atoms with Gasteiger partial charge < -0.3 is 15.5 Å². The first-order valence-corrected chi connectivity index (χ1v) is 5.98. The summed E-state index contributed by atoms with van der Waals surface area (Å²) in [4.78, 5) is 22.3. The van der Waals surface area contributed by atoms with Gasteiger partial charge in [0.15, 0.2) is 5.82 Å². The number of rotatable bonds is 6. The quantitative estimate of drug-likeness (QED) is 0.412. The number of nitro groups is 1. The van der Waals surface area contributed by atoms with E-state index in [1.54, 1.807) is 13.8 Å². The normalized spacial score (nSPS) is 11.1. The lowest BCUT2D eigenvalue weighted by Gasteiger charge is -2.25. The molecule has 0 spiro atoms. The molecule has 0 atom stereocenters. The van der Waals surface area contributed by atoms with Crippen molar-refractivity contribution < 1.29 is 18.8 Å². The van der Waals surface area contributed by atoms with Crippen molar-refractivity contribution in [2.75, 3.05) is 19.1 Å². The molecule has 0 saturated carbocycles. The van der Waals surface area contributed by atoms with Crippen molar-refractivity contribution in [3.05, 3.63) is 33.6 Å². The van der Waals surface area contributed by atoms with Crippen molar-refractivity contribution in [2.45, 2.75) is 19.4 Å². The van der Waals surface area contributed by atoms with Gasteiger partial charge in [-0.15, -0.1) is 0 Å². The largest absolute Gasteiger partial charge is 0.382 e. The SMILES string of the molecule is COCC(C)(C)NC(=O)c1cc(NN)c(F)cc1[N+](=O)[O-]. The number of hydrazine groups is 1. The molecule has 1 aromatic carbocycles. The molecule has 1 aromatic rings. The van der Waals surface area contributed by atoms with Crippen LogP contribution in [0, 0.1) is 15.9 Å². The summed E-state index contributed by atoms with van der Waals surface area (Å²) in [6.45, 7) is 3.58. The number of hydrogen-bond donors (Lipinski definition) is 3. The molecule has 8 nitrogen and oxygen atoms in total. The Bertz CT molecular complexity index is 562. The van der Waals surface area contributed by atoms with Crippen molar-refractivity contribution >= 4 is 17.3 Å². The lowest BCUT2D eigenvalue weighted by Crippen LogP contribution is -2.46. The molecule has 0 aliphatic rings. The number of anilines is 1. The number of carbonyl (C=O) groups is 1. The molecule has 0 aromatic heterocycles. The highest BCUT2D eigenvalue weighted by Crippen LogP contribution is 2.26. The second-order valence-electron chi connectivity index (χ2n) is 5.02. The fraction of sp³-hybridized carbons (Fsp3) is 0.417. The lowest BCUT2D eigenvalue weighted by molar-refractivity contribution is -0.385. The van der Waals surface area contributed by atoms with E-state index in [1.807, 2.05) is 5.43 Å². The van der Waals surface area contributed by atoms with Crippen molar-refractivity contribution in [3.8, 4) is 0 Å². The van der Waals surface area contributed by atoms with Gasteiger partial charge in [-0.05, 0) is 19.9 Å². The third-order valence-electron chi connectivity index (χ3n) is 2.64. The van der Waals surface area contributed by atoms with Crippen LogP contribution in [0.5, 0.6) is 0 Å². The third-order valence-corrected chi connectivity index (χ3v) is 2.64. The minimum atomic E-state index is -0.920. The van der Waals surface area contributed by atoms with Crippen LogP contribution in [-0.4, -0.2) is 30.1 Å². The molecule has 0 aliphatic heterocycles. The highest BCUT2D eigenvalue weighted by atomic mass is 19.1. The molecular formula is C12H17FN4O4. The van der Waals surface area contributed by atoms with Crippen LogP contribution in [-0.2, 0) is 4.74 Å². The number of carbonyl (C=O) groups excluding carboxylic acids is 1. The summed E-state index contributed by atoms with van der Waals surface area (Å²) in [6, 6.07) is 1.64. The maximum Gasteiger partial charge on any atom is 0.285 e. The third kappa shape index (κ3) is 4.10. The van der Waals surface area contributed by atoms with Gasteiger partial charge in [0.1, 0.15) is 5.56 Å². The van der Waals surface area contributed by atoms with Gasteiger partial charge in [-0.25, -0.2) is 4.39 Å². The minimum Gasteiger partial charge on any atom is -0.382 e. The van der Waals surface area contributed by atoms with Crippen LogP contribution in [0.3, 0.4) is 0 Å². The van der Waals surface area contributed by atoms with Crippen molar-refractivity contribution in [1.29, 1.82) is 0 Å². The van der Waals surface area contributed by atoms with Crippen molar-refractivity contribution in [2.24, 2.45) is 5.84 Å². The monoisotopic (exact) mass is 300 g/mol. The number of nitro benzene ring substituents is 1. The van der Waals surface area contributed by atoms with Crippen LogP contribution in [0.25, 0.3) is 0 Å². The topological polar surface area (TPSA) is 120 Å². The highest BCUT2D eigenvalue weighted by Gasteiger charge is 2.27. The fourth-order valence-electron chi connectivity index (χ4n) is 1.78. The zero-order valence-corrected chi connectivity index (χ0v) is 11.9. The van der Waals surface area contributed by atoms with E-state index >= 15 is 0 Å². The molecule has 0 fully saturated rings. The second-order valence-corrected chi connectivity index (χ2v) is 5.02. The maximum atomic E-state index is 13.5. The summed E-state index contributed by atoms with van der Waals surface area (Å²) in [7, 11) is 1.46. The minimum absolute atomic E-state index is 0.204. The number of nitrogens with two attached hydrogens (primary N) is 1. The van der Waals surface area contributed by atoms with E-state index in [0.717, 1.165) is 6.07 Å². The van der Waals surface area contributed by atoms with Crippen molar-refractivity contribution in [3.63, 3.8) is 0 Å². The Hall–Kier alpha value is -2.26. The molecule has 0 heterocycles. The van der Waals surface area contributed by atoms with Gasteiger partial charge in [0.25, 0.3) is 11.6 Å². The second kappa shape index (κ2) is 6.46. The Kier molecular flexibility index (Phi) is 5.17. The number of methoxy groups -OCH3 is 1. The first-order chi connectivity index (χ1) is 9.71. The van der Waals surface area contributed by atoms with E-state index in [9.17, 15) is 19.3 Å². The summed E-state index contributed by atoms with van der Waals surface area (Å²) in [5.74, 6) is 3.47. The summed E-state index contributed by atoms with van der Waals surface area (Å²) in [5.41, 5.74) is 0.150. The van der Waals surface area contributed by atoms with E-state index in [0.29, 0.717) is 6.07 Å². The molecule has 0 aliphatic carbocycles. The Morgan fingerprint density at radius 2 is 2.14 bits per heavy atom. The van der Waals surface area contributed by atoms with Crippen LogP contribution in [0.2, 0.25) is 0 Å². The van der Waals surface area contributed by atoms with Gasteiger partial charge in [-0.2, -0.15) is 0 Å². The van der Waals surface area contributed by atoms with Crippen molar-refractivity contribution in [1.82, 2.24) is 5.32 Å². The Morgan fingerprint density at radius 1 is 1.52 bits per heavy atom. The number of amides is 1. The number of nitrogens with one attached hydrogen (secondary N) is 2. The smallest absolute Gasteiger partial charge is 0.285 e. The zero-order chi connectivity index (χ0) is 16.2. The van der Waals surface area contributed by atoms with Gasteiger partial charge in [-0.3, -0.25) is 20.8 Å². The van der Waals surface area contributed by atoms with E-state index in [-0.39, 0.29) is 17.9 Å². The maximum absolute atomic E-state index is 13.5. The molecule has 4 N–H and O–H groups in total. The highest BCUT2D eigenvalue weighted by molar-refractivity contribution is 5.99. The molecule has 0 unspecified atom stereocenters. The lowest BCUT2D eigenvalue weighted by atomic mass is 10.0. The number of benzene rings is 1. The first kappa shape index (κ1) is 16.8. The number of nitrogens with zero attached hydrogens (tertiary/aromatic N) is 1. The molecule has 0 radical (unpaired) electrons. The van der Waals surface area contributed by atoms with Crippen LogP contribution in [0.1, 0.15) is 24.2 Å². The van der Waals surface area contributed by atoms with Gasteiger partial charge in [0, 0.05) is 7.11 Å². The molecule has 21 heavy (non-hydrogen) atoms. The number of ether oxygens (including phenoxy) is 1. The standard InChI is InChI=1S/C12H17FN4O4/c1-12(2,6-21-3)15-11(18)7-4-9(16-14)8(13)5-10(7)17(19)20/h4-5,16H,6,14H2,1-3H3,(H,15,18).